The summed E-state index contributed by atoms with van der Waals surface area (Å²) in [6.45, 7) is 4.00. The maximum absolute atomic E-state index is 12.5. The van der Waals surface area contributed by atoms with Crippen LogP contribution in [0.5, 0.6) is 0 Å². The molecule has 0 saturated carbocycles. The first-order valence-electron chi connectivity index (χ1n) is 9.06. The lowest BCUT2D eigenvalue weighted by molar-refractivity contribution is 0.0625. The van der Waals surface area contributed by atoms with Crippen LogP contribution in [0.3, 0.4) is 0 Å². The Morgan fingerprint density at radius 2 is 1.59 bits per heavy atom. The number of carbonyl (C=O) groups is 1. The van der Waals surface area contributed by atoms with Gasteiger partial charge in [0.1, 0.15) is 0 Å². The van der Waals surface area contributed by atoms with Crippen molar-refractivity contribution in [1.82, 2.24) is 29.5 Å². The smallest absolute Gasteiger partial charge is 0.254 e. The maximum atomic E-state index is 12.5. The summed E-state index contributed by atoms with van der Waals surface area (Å²) < 4.78 is 1.93. The van der Waals surface area contributed by atoms with Crippen molar-refractivity contribution in [3.05, 3.63) is 66.4 Å². The third-order valence-corrected chi connectivity index (χ3v) is 4.93. The second kappa shape index (κ2) is 7.67. The zero-order valence-electron chi connectivity index (χ0n) is 15.3. The third-order valence-electron chi connectivity index (χ3n) is 4.93. The van der Waals surface area contributed by atoms with Crippen LogP contribution in [0.4, 0.5) is 0 Å². The molecular weight excluding hydrogens is 340 g/mol. The van der Waals surface area contributed by atoms with Crippen LogP contribution in [0.15, 0.2) is 55.1 Å². The molecule has 0 spiro atoms. The standard InChI is InChI=1S/C20H22N6O/c1-24-18(14-19(23-24)16-2-6-21-7-3-16)15-25-10-12-26(13-11-25)20(27)17-4-8-22-9-5-17/h2-9,14H,10-13,15H2,1H3. The fraction of sp³-hybridized carbons (Fsp3) is 0.300. The number of hydrogen-bond donors (Lipinski definition) is 0. The van der Waals surface area contributed by atoms with Crippen LogP contribution >= 0.6 is 0 Å². The van der Waals surface area contributed by atoms with Gasteiger partial charge in [-0.1, -0.05) is 0 Å². The molecule has 1 aliphatic rings. The molecule has 27 heavy (non-hydrogen) atoms. The minimum absolute atomic E-state index is 0.0811. The van der Waals surface area contributed by atoms with Crippen molar-refractivity contribution in [3.63, 3.8) is 0 Å². The average Bonchev–Trinajstić information content (AvgIpc) is 3.10. The molecule has 0 N–H and O–H groups in total. The Bertz CT molecular complexity index is 901. The first kappa shape index (κ1) is 17.4. The zero-order valence-corrected chi connectivity index (χ0v) is 15.3. The summed E-state index contributed by atoms with van der Waals surface area (Å²) in [5.41, 5.74) is 3.89. The molecule has 7 nitrogen and oxygen atoms in total. The number of rotatable bonds is 4. The normalized spacial score (nSPS) is 15.1. The molecule has 0 atom stereocenters. The Labute approximate surface area is 158 Å². The van der Waals surface area contributed by atoms with E-state index in [9.17, 15) is 4.79 Å². The molecule has 1 fully saturated rings. The molecule has 3 aromatic heterocycles. The molecule has 0 bridgehead atoms. The van der Waals surface area contributed by atoms with Crippen LogP contribution in [-0.4, -0.2) is 61.6 Å². The molecule has 1 amide bonds. The van der Waals surface area contributed by atoms with E-state index in [1.807, 2.05) is 28.8 Å². The number of carbonyl (C=O) groups excluding carboxylic acids is 1. The first-order valence-corrected chi connectivity index (χ1v) is 9.06. The topological polar surface area (TPSA) is 67.2 Å². The van der Waals surface area contributed by atoms with E-state index in [0.29, 0.717) is 5.56 Å². The van der Waals surface area contributed by atoms with Crippen molar-refractivity contribution in [2.24, 2.45) is 7.05 Å². The summed E-state index contributed by atoms with van der Waals surface area (Å²) in [5, 5.41) is 4.62. The number of aromatic nitrogens is 4. The van der Waals surface area contributed by atoms with E-state index in [1.54, 1.807) is 36.9 Å². The lowest BCUT2D eigenvalue weighted by Crippen LogP contribution is -2.48. The Balaban J connectivity index is 1.37. The van der Waals surface area contributed by atoms with Crippen LogP contribution in [0.2, 0.25) is 0 Å². The number of aryl methyl sites for hydroxylation is 1. The predicted octanol–water partition coefficient (Wildman–Crippen LogP) is 1.84. The monoisotopic (exact) mass is 362 g/mol. The van der Waals surface area contributed by atoms with E-state index in [2.05, 4.69) is 26.0 Å². The molecule has 1 saturated heterocycles. The van der Waals surface area contributed by atoms with Crippen molar-refractivity contribution < 1.29 is 4.79 Å². The SMILES string of the molecule is Cn1nc(-c2ccncc2)cc1CN1CCN(C(=O)c2ccncc2)CC1. The van der Waals surface area contributed by atoms with Gasteiger partial charge in [-0.25, -0.2) is 0 Å². The van der Waals surface area contributed by atoms with E-state index in [-0.39, 0.29) is 5.91 Å². The minimum atomic E-state index is 0.0811. The van der Waals surface area contributed by atoms with Crippen LogP contribution in [0.1, 0.15) is 16.1 Å². The number of nitrogens with zero attached hydrogens (tertiary/aromatic N) is 6. The Morgan fingerprint density at radius 1 is 0.963 bits per heavy atom. The fourth-order valence-electron chi connectivity index (χ4n) is 3.33. The molecule has 0 unspecified atom stereocenters. The Hall–Kier alpha value is -3.06. The lowest BCUT2D eigenvalue weighted by Gasteiger charge is -2.34. The molecule has 0 aromatic carbocycles. The summed E-state index contributed by atoms with van der Waals surface area (Å²) >= 11 is 0. The highest BCUT2D eigenvalue weighted by molar-refractivity contribution is 5.94. The fourth-order valence-corrected chi connectivity index (χ4v) is 3.33. The molecule has 0 aliphatic carbocycles. The van der Waals surface area contributed by atoms with E-state index in [1.165, 1.54) is 0 Å². The largest absolute Gasteiger partial charge is 0.336 e. The summed E-state index contributed by atoms with van der Waals surface area (Å²) in [4.78, 5) is 24.9. The van der Waals surface area contributed by atoms with Crippen molar-refractivity contribution in [3.8, 4) is 11.3 Å². The third kappa shape index (κ3) is 3.88. The summed E-state index contributed by atoms with van der Waals surface area (Å²) in [6.07, 6.45) is 6.88. The maximum Gasteiger partial charge on any atom is 0.254 e. The summed E-state index contributed by atoms with van der Waals surface area (Å²) in [6, 6.07) is 9.60. The first-order chi connectivity index (χ1) is 13.2. The van der Waals surface area contributed by atoms with Gasteiger partial charge in [-0.3, -0.25) is 24.3 Å². The van der Waals surface area contributed by atoms with Gasteiger partial charge in [0.15, 0.2) is 0 Å². The van der Waals surface area contributed by atoms with Crippen LogP contribution in [0.25, 0.3) is 11.3 Å². The van der Waals surface area contributed by atoms with Crippen LogP contribution in [-0.2, 0) is 13.6 Å². The van der Waals surface area contributed by atoms with E-state index < -0.39 is 0 Å². The van der Waals surface area contributed by atoms with Gasteiger partial charge in [-0.05, 0) is 30.3 Å². The van der Waals surface area contributed by atoms with Gasteiger partial charge in [0, 0.05) is 75.7 Å². The highest BCUT2D eigenvalue weighted by Crippen LogP contribution is 2.19. The summed E-state index contributed by atoms with van der Waals surface area (Å²) in [7, 11) is 1.98. The summed E-state index contributed by atoms with van der Waals surface area (Å²) in [5.74, 6) is 0.0811. The molecule has 1 aliphatic heterocycles. The second-order valence-electron chi connectivity index (χ2n) is 6.68. The molecule has 4 rings (SSSR count). The Morgan fingerprint density at radius 3 is 2.26 bits per heavy atom. The molecule has 7 heteroatoms. The number of pyridine rings is 2. The molecule has 0 radical (unpaired) electrons. The van der Waals surface area contributed by atoms with Gasteiger partial charge < -0.3 is 4.90 Å². The average molecular weight is 362 g/mol. The van der Waals surface area contributed by atoms with Crippen molar-refractivity contribution in [2.75, 3.05) is 26.2 Å². The number of piperazine rings is 1. The molecular formula is C20H22N6O. The van der Waals surface area contributed by atoms with E-state index >= 15 is 0 Å². The second-order valence-corrected chi connectivity index (χ2v) is 6.68. The Kier molecular flexibility index (Phi) is 4.93. The van der Waals surface area contributed by atoms with Crippen LogP contribution < -0.4 is 0 Å². The van der Waals surface area contributed by atoms with Gasteiger partial charge in [0.2, 0.25) is 0 Å². The van der Waals surface area contributed by atoms with Gasteiger partial charge in [-0.2, -0.15) is 5.10 Å². The molecule has 138 valence electrons. The number of amides is 1. The van der Waals surface area contributed by atoms with Gasteiger partial charge >= 0.3 is 0 Å². The molecule has 3 aromatic rings. The van der Waals surface area contributed by atoms with E-state index in [0.717, 1.165) is 49.7 Å². The predicted molar refractivity (Wildman–Crippen MR) is 102 cm³/mol. The van der Waals surface area contributed by atoms with Gasteiger partial charge in [-0.15, -0.1) is 0 Å². The van der Waals surface area contributed by atoms with Crippen LogP contribution in [0, 0.1) is 0 Å². The lowest BCUT2D eigenvalue weighted by atomic mass is 10.2. The quantitative estimate of drug-likeness (QED) is 0.708. The van der Waals surface area contributed by atoms with Crippen molar-refractivity contribution in [1.29, 1.82) is 0 Å². The van der Waals surface area contributed by atoms with Gasteiger partial charge in [0.05, 0.1) is 11.4 Å². The highest BCUT2D eigenvalue weighted by atomic mass is 16.2. The number of hydrogen-bond acceptors (Lipinski definition) is 5. The van der Waals surface area contributed by atoms with E-state index in [4.69, 9.17) is 0 Å². The van der Waals surface area contributed by atoms with Crippen molar-refractivity contribution in [2.45, 2.75) is 6.54 Å². The highest BCUT2D eigenvalue weighted by Gasteiger charge is 2.23. The minimum Gasteiger partial charge on any atom is -0.336 e. The van der Waals surface area contributed by atoms with Crippen molar-refractivity contribution >= 4 is 5.91 Å². The zero-order chi connectivity index (χ0) is 18.6. The molecule has 4 heterocycles. The van der Waals surface area contributed by atoms with Gasteiger partial charge in [0.25, 0.3) is 5.91 Å².